The minimum atomic E-state index is -0.269. The zero-order valence-electron chi connectivity index (χ0n) is 17.1. The average Bonchev–Trinajstić information content (AvgIpc) is 3.20. The number of hydrogen-bond acceptors (Lipinski definition) is 4. The van der Waals surface area contributed by atoms with Crippen molar-refractivity contribution in [2.75, 3.05) is 32.1 Å². The van der Waals surface area contributed by atoms with Crippen molar-refractivity contribution >= 4 is 5.82 Å². The van der Waals surface area contributed by atoms with Gasteiger partial charge in [-0.25, -0.2) is 9.37 Å². The van der Waals surface area contributed by atoms with E-state index in [-0.39, 0.29) is 11.6 Å². The van der Waals surface area contributed by atoms with Crippen molar-refractivity contribution in [1.82, 2.24) is 9.88 Å². The Kier molecular flexibility index (Phi) is 5.24. The molecule has 29 heavy (non-hydrogen) atoms. The molecule has 3 aromatic rings. The first-order valence-corrected chi connectivity index (χ1v) is 9.90. The third kappa shape index (κ3) is 4.10. The molecular formula is C24H26FN3O. The number of phenolic OH excluding ortho intramolecular Hbond substituents is 1. The maximum atomic E-state index is 13.9. The molecule has 0 radical (unpaired) electrons. The minimum Gasteiger partial charge on any atom is -0.507 e. The van der Waals surface area contributed by atoms with E-state index in [1.165, 1.54) is 12.1 Å². The fourth-order valence-electron chi connectivity index (χ4n) is 3.88. The number of aromatic hydroxyl groups is 1. The summed E-state index contributed by atoms with van der Waals surface area (Å²) in [6, 6.07) is 16.5. The summed E-state index contributed by atoms with van der Waals surface area (Å²) in [4.78, 5) is 9.39. The molecule has 1 aromatic heterocycles. The molecule has 1 N–H and O–H groups in total. The quantitative estimate of drug-likeness (QED) is 0.699. The minimum absolute atomic E-state index is 0.193. The van der Waals surface area contributed by atoms with E-state index in [1.807, 2.05) is 37.3 Å². The van der Waals surface area contributed by atoms with Crippen LogP contribution in [-0.4, -0.2) is 48.2 Å². The molecule has 0 aliphatic carbocycles. The largest absolute Gasteiger partial charge is 0.507 e. The summed E-state index contributed by atoms with van der Waals surface area (Å²) < 4.78 is 13.9. The van der Waals surface area contributed by atoms with Crippen molar-refractivity contribution < 1.29 is 9.50 Å². The third-order valence-corrected chi connectivity index (χ3v) is 5.62. The van der Waals surface area contributed by atoms with Gasteiger partial charge in [-0.15, -0.1) is 0 Å². The van der Waals surface area contributed by atoms with E-state index < -0.39 is 0 Å². The lowest BCUT2D eigenvalue weighted by Crippen LogP contribution is -2.31. The number of benzene rings is 2. The Labute approximate surface area is 171 Å². The number of aromatic nitrogens is 1. The van der Waals surface area contributed by atoms with Crippen LogP contribution in [-0.2, 0) is 0 Å². The SMILES string of the molecule is Cc1ccc(O)c(-c2cc(-c3cccc(F)c3)cc(N3CCC(N(C)C)C3)n2)c1. The Bertz CT molecular complexity index is 1030. The van der Waals surface area contributed by atoms with E-state index in [0.29, 0.717) is 17.3 Å². The molecule has 1 aliphatic rings. The number of aryl methyl sites for hydroxylation is 1. The summed E-state index contributed by atoms with van der Waals surface area (Å²) in [5.74, 6) is 0.778. The van der Waals surface area contributed by atoms with Gasteiger partial charge < -0.3 is 14.9 Å². The smallest absolute Gasteiger partial charge is 0.129 e. The van der Waals surface area contributed by atoms with Crippen molar-refractivity contribution in [1.29, 1.82) is 0 Å². The van der Waals surface area contributed by atoms with Crippen LogP contribution in [0.3, 0.4) is 0 Å². The second kappa shape index (κ2) is 7.84. The lowest BCUT2D eigenvalue weighted by atomic mass is 10.0. The highest BCUT2D eigenvalue weighted by Crippen LogP contribution is 2.35. The van der Waals surface area contributed by atoms with Gasteiger partial charge in [0, 0.05) is 24.7 Å². The molecule has 1 fully saturated rings. The van der Waals surface area contributed by atoms with Crippen LogP contribution in [0.2, 0.25) is 0 Å². The van der Waals surface area contributed by atoms with E-state index >= 15 is 0 Å². The molecule has 0 bridgehead atoms. The van der Waals surface area contributed by atoms with Gasteiger partial charge in [0.05, 0.1) is 5.69 Å². The van der Waals surface area contributed by atoms with Crippen LogP contribution in [0.4, 0.5) is 10.2 Å². The van der Waals surface area contributed by atoms with Gasteiger partial charge in [-0.05, 0) is 75.0 Å². The highest BCUT2D eigenvalue weighted by Gasteiger charge is 2.25. The second-order valence-electron chi connectivity index (χ2n) is 7.98. The lowest BCUT2D eigenvalue weighted by molar-refractivity contribution is 0.315. The number of rotatable bonds is 4. The monoisotopic (exact) mass is 391 g/mol. The molecule has 1 atom stereocenters. The van der Waals surface area contributed by atoms with E-state index in [2.05, 4.69) is 23.9 Å². The Morgan fingerprint density at radius 1 is 1.07 bits per heavy atom. The van der Waals surface area contributed by atoms with Crippen molar-refractivity contribution in [2.45, 2.75) is 19.4 Å². The predicted molar refractivity (Wildman–Crippen MR) is 116 cm³/mol. The number of phenols is 1. The van der Waals surface area contributed by atoms with Gasteiger partial charge in [0.1, 0.15) is 17.4 Å². The first-order chi connectivity index (χ1) is 13.9. The van der Waals surface area contributed by atoms with Crippen molar-refractivity contribution in [3.05, 3.63) is 66.0 Å². The molecular weight excluding hydrogens is 365 g/mol. The van der Waals surface area contributed by atoms with Crippen LogP contribution in [0.25, 0.3) is 22.4 Å². The maximum absolute atomic E-state index is 13.9. The fraction of sp³-hybridized carbons (Fsp3) is 0.292. The van der Waals surface area contributed by atoms with E-state index in [9.17, 15) is 9.50 Å². The Morgan fingerprint density at radius 3 is 2.62 bits per heavy atom. The standard InChI is InChI=1S/C24H26FN3O/c1-16-7-8-23(29)21(11-16)22-13-18(17-5-4-6-19(25)12-17)14-24(26-22)28-10-9-20(15-28)27(2)3/h4-8,11-14,20,29H,9-10,15H2,1-3H3. The number of nitrogens with zero attached hydrogens (tertiary/aromatic N) is 3. The van der Waals surface area contributed by atoms with E-state index in [1.54, 1.807) is 12.1 Å². The van der Waals surface area contributed by atoms with Crippen LogP contribution >= 0.6 is 0 Å². The molecule has 2 aromatic carbocycles. The molecule has 0 amide bonds. The molecule has 1 unspecified atom stereocenters. The van der Waals surface area contributed by atoms with Crippen LogP contribution < -0.4 is 4.90 Å². The fourth-order valence-corrected chi connectivity index (χ4v) is 3.88. The van der Waals surface area contributed by atoms with Gasteiger partial charge in [0.15, 0.2) is 0 Å². The number of hydrogen-bond donors (Lipinski definition) is 1. The maximum Gasteiger partial charge on any atom is 0.129 e. The zero-order valence-corrected chi connectivity index (χ0v) is 17.1. The van der Waals surface area contributed by atoms with E-state index in [4.69, 9.17) is 4.98 Å². The molecule has 0 saturated carbocycles. The van der Waals surface area contributed by atoms with Gasteiger partial charge in [-0.2, -0.15) is 0 Å². The summed E-state index contributed by atoms with van der Waals surface area (Å²) in [5, 5.41) is 10.4. The third-order valence-electron chi connectivity index (χ3n) is 5.62. The molecule has 2 heterocycles. The number of pyridine rings is 1. The van der Waals surface area contributed by atoms with Gasteiger partial charge in [0.2, 0.25) is 0 Å². The summed E-state index contributed by atoms with van der Waals surface area (Å²) in [7, 11) is 4.20. The summed E-state index contributed by atoms with van der Waals surface area (Å²) in [5.41, 5.74) is 4.11. The number of likely N-dealkylation sites (N-methyl/N-ethyl adjacent to an activating group) is 1. The van der Waals surface area contributed by atoms with Crippen molar-refractivity contribution in [3.8, 4) is 28.1 Å². The zero-order chi connectivity index (χ0) is 20.5. The van der Waals surface area contributed by atoms with Crippen LogP contribution in [0, 0.1) is 12.7 Å². The van der Waals surface area contributed by atoms with Gasteiger partial charge >= 0.3 is 0 Å². The van der Waals surface area contributed by atoms with Crippen LogP contribution in [0.1, 0.15) is 12.0 Å². The Morgan fingerprint density at radius 2 is 1.90 bits per heavy atom. The van der Waals surface area contributed by atoms with Crippen LogP contribution in [0.5, 0.6) is 5.75 Å². The normalized spacial score (nSPS) is 16.6. The van der Waals surface area contributed by atoms with Crippen LogP contribution in [0.15, 0.2) is 54.6 Å². The topological polar surface area (TPSA) is 39.6 Å². The molecule has 1 saturated heterocycles. The predicted octanol–water partition coefficient (Wildman–Crippen LogP) is 4.71. The molecule has 4 nitrogen and oxygen atoms in total. The molecule has 5 heteroatoms. The summed E-state index contributed by atoms with van der Waals surface area (Å²) in [6.07, 6.45) is 1.07. The van der Waals surface area contributed by atoms with Gasteiger partial charge in [-0.3, -0.25) is 0 Å². The lowest BCUT2D eigenvalue weighted by Gasteiger charge is -2.22. The van der Waals surface area contributed by atoms with E-state index in [0.717, 1.165) is 42.0 Å². The first-order valence-electron chi connectivity index (χ1n) is 9.90. The van der Waals surface area contributed by atoms with Gasteiger partial charge in [-0.1, -0.05) is 23.8 Å². The number of halogens is 1. The summed E-state index contributed by atoms with van der Waals surface area (Å²) in [6.45, 7) is 3.80. The van der Waals surface area contributed by atoms with Crippen molar-refractivity contribution in [2.24, 2.45) is 0 Å². The second-order valence-corrected chi connectivity index (χ2v) is 7.98. The molecule has 4 rings (SSSR count). The first kappa shape index (κ1) is 19.4. The summed E-state index contributed by atoms with van der Waals surface area (Å²) >= 11 is 0. The highest BCUT2D eigenvalue weighted by molar-refractivity contribution is 5.77. The molecule has 1 aliphatic heterocycles. The molecule has 0 spiro atoms. The van der Waals surface area contributed by atoms with Crippen molar-refractivity contribution in [3.63, 3.8) is 0 Å². The molecule has 150 valence electrons. The highest BCUT2D eigenvalue weighted by atomic mass is 19.1. The van der Waals surface area contributed by atoms with Gasteiger partial charge in [0.25, 0.3) is 0 Å². The number of anilines is 1. The Hall–Kier alpha value is -2.92. The average molecular weight is 391 g/mol. The Balaban J connectivity index is 1.83.